The fourth-order valence-electron chi connectivity index (χ4n) is 2.58. The number of nitrogens with one attached hydrogen (secondary N) is 1. The minimum atomic E-state index is -0.199. The molecule has 7 heteroatoms. The first-order chi connectivity index (χ1) is 13.1. The molecule has 0 aliphatic rings. The predicted octanol–water partition coefficient (Wildman–Crippen LogP) is 4.55. The first-order valence-corrected chi connectivity index (χ1v) is 8.79. The van der Waals surface area contributed by atoms with Crippen molar-refractivity contribution < 1.29 is 9.53 Å². The Labute approximate surface area is 162 Å². The monoisotopic (exact) mass is 382 g/mol. The van der Waals surface area contributed by atoms with Crippen LogP contribution in [0.2, 0.25) is 5.02 Å². The quantitative estimate of drug-likeness (QED) is 0.677. The Morgan fingerprint density at radius 2 is 1.93 bits per heavy atom. The van der Waals surface area contributed by atoms with E-state index in [2.05, 4.69) is 15.3 Å². The van der Waals surface area contributed by atoms with Crippen molar-refractivity contribution in [2.24, 2.45) is 0 Å². The third kappa shape index (κ3) is 4.35. The van der Waals surface area contributed by atoms with Crippen LogP contribution in [0.4, 0.5) is 17.2 Å². The molecular formula is C20H19ClN4O2. The molecule has 3 rings (SSSR count). The summed E-state index contributed by atoms with van der Waals surface area (Å²) in [6, 6.07) is 14.8. The lowest BCUT2D eigenvalue weighted by Gasteiger charge is -2.20. The van der Waals surface area contributed by atoms with Crippen molar-refractivity contribution in [3.8, 4) is 5.75 Å². The number of amides is 1. The fraction of sp³-hybridized carbons (Fsp3) is 0.150. The summed E-state index contributed by atoms with van der Waals surface area (Å²) in [5.41, 5.74) is 1.84. The molecule has 1 amide bonds. The second-order valence-corrected chi connectivity index (χ2v) is 6.05. The molecule has 0 unspecified atom stereocenters. The Hall–Kier alpha value is -3.12. The van der Waals surface area contributed by atoms with Gasteiger partial charge in [0.05, 0.1) is 24.5 Å². The molecule has 1 N–H and O–H groups in total. The van der Waals surface area contributed by atoms with E-state index in [0.29, 0.717) is 23.1 Å². The summed E-state index contributed by atoms with van der Waals surface area (Å²) in [6.45, 7) is 2.45. The molecule has 1 heterocycles. The molecular weight excluding hydrogens is 364 g/mol. The van der Waals surface area contributed by atoms with E-state index in [-0.39, 0.29) is 11.6 Å². The largest absolute Gasteiger partial charge is 0.495 e. The average molecular weight is 383 g/mol. The maximum Gasteiger partial charge on any atom is 0.278 e. The van der Waals surface area contributed by atoms with E-state index in [1.165, 1.54) is 12.4 Å². The predicted molar refractivity (Wildman–Crippen MR) is 107 cm³/mol. The zero-order chi connectivity index (χ0) is 19.2. The number of ether oxygens (including phenoxy) is 1. The minimum Gasteiger partial charge on any atom is -0.495 e. The van der Waals surface area contributed by atoms with Crippen LogP contribution in [0.1, 0.15) is 17.4 Å². The van der Waals surface area contributed by atoms with Crippen LogP contribution in [0.25, 0.3) is 0 Å². The molecule has 27 heavy (non-hydrogen) atoms. The highest BCUT2D eigenvalue weighted by atomic mass is 35.5. The lowest BCUT2D eigenvalue weighted by Crippen LogP contribution is -2.31. The molecule has 138 valence electrons. The Bertz CT molecular complexity index is 917. The molecule has 0 bridgehead atoms. The highest BCUT2D eigenvalue weighted by molar-refractivity contribution is 6.32. The lowest BCUT2D eigenvalue weighted by molar-refractivity contribution is 0.0983. The number of halogens is 1. The normalized spacial score (nSPS) is 10.3. The van der Waals surface area contributed by atoms with Crippen LogP contribution in [-0.2, 0) is 0 Å². The van der Waals surface area contributed by atoms with E-state index in [1.54, 1.807) is 24.1 Å². The smallest absolute Gasteiger partial charge is 0.278 e. The van der Waals surface area contributed by atoms with E-state index in [4.69, 9.17) is 16.3 Å². The van der Waals surface area contributed by atoms with Gasteiger partial charge in [0.1, 0.15) is 17.3 Å². The van der Waals surface area contributed by atoms with E-state index >= 15 is 0 Å². The Morgan fingerprint density at radius 3 is 2.52 bits per heavy atom. The Morgan fingerprint density at radius 1 is 1.15 bits per heavy atom. The number of nitrogens with zero attached hydrogens (tertiary/aromatic N) is 3. The molecule has 0 radical (unpaired) electrons. The van der Waals surface area contributed by atoms with Crippen LogP contribution in [0.3, 0.4) is 0 Å². The summed E-state index contributed by atoms with van der Waals surface area (Å²) in [4.78, 5) is 22.9. The highest BCUT2D eigenvalue weighted by Gasteiger charge is 2.17. The first-order valence-electron chi connectivity index (χ1n) is 8.42. The van der Waals surface area contributed by atoms with Crippen molar-refractivity contribution in [2.45, 2.75) is 6.92 Å². The van der Waals surface area contributed by atoms with Crippen LogP contribution in [0, 0.1) is 0 Å². The van der Waals surface area contributed by atoms with Crippen molar-refractivity contribution in [3.63, 3.8) is 0 Å². The van der Waals surface area contributed by atoms with Crippen LogP contribution in [0.15, 0.2) is 60.9 Å². The van der Waals surface area contributed by atoms with Crippen LogP contribution in [-0.4, -0.2) is 29.5 Å². The topological polar surface area (TPSA) is 67.4 Å². The van der Waals surface area contributed by atoms with Crippen molar-refractivity contribution in [1.82, 2.24) is 9.97 Å². The maximum absolute atomic E-state index is 12.7. The van der Waals surface area contributed by atoms with Gasteiger partial charge in [-0.05, 0) is 37.3 Å². The third-order valence-electron chi connectivity index (χ3n) is 3.92. The third-order valence-corrected chi connectivity index (χ3v) is 4.22. The van der Waals surface area contributed by atoms with Crippen molar-refractivity contribution >= 4 is 34.7 Å². The molecule has 1 aromatic heterocycles. The number of methoxy groups -OCH3 is 1. The molecule has 2 aromatic carbocycles. The van der Waals surface area contributed by atoms with E-state index in [9.17, 15) is 4.79 Å². The molecule has 6 nitrogen and oxygen atoms in total. The summed E-state index contributed by atoms with van der Waals surface area (Å²) in [5.74, 6) is 0.903. The van der Waals surface area contributed by atoms with Crippen molar-refractivity contribution in [3.05, 3.63) is 71.6 Å². The second kappa shape index (κ2) is 8.51. The second-order valence-electron chi connectivity index (χ2n) is 5.65. The molecule has 0 aliphatic heterocycles. The van der Waals surface area contributed by atoms with Gasteiger partial charge >= 0.3 is 0 Å². The molecule has 0 saturated heterocycles. The number of para-hydroxylation sites is 1. The van der Waals surface area contributed by atoms with E-state index in [1.807, 2.05) is 43.3 Å². The summed E-state index contributed by atoms with van der Waals surface area (Å²) in [5, 5.41) is 3.59. The number of carbonyl (C=O) groups excluding carboxylic acids is 1. The highest BCUT2D eigenvalue weighted by Crippen LogP contribution is 2.28. The van der Waals surface area contributed by atoms with Gasteiger partial charge in [-0.15, -0.1) is 0 Å². The summed E-state index contributed by atoms with van der Waals surface area (Å²) < 4.78 is 5.13. The van der Waals surface area contributed by atoms with Gasteiger partial charge in [-0.25, -0.2) is 9.97 Å². The summed E-state index contributed by atoms with van der Waals surface area (Å²) in [7, 11) is 1.56. The maximum atomic E-state index is 12.7. The number of benzene rings is 2. The van der Waals surface area contributed by atoms with E-state index < -0.39 is 0 Å². The molecule has 3 aromatic rings. The van der Waals surface area contributed by atoms with Crippen molar-refractivity contribution in [2.75, 3.05) is 23.9 Å². The van der Waals surface area contributed by atoms with Gasteiger partial charge in [0, 0.05) is 17.9 Å². The molecule has 0 aliphatic carbocycles. The zero-order valence-electron chi connectivity index (χ0n) is 15.0. The standard InChI is InChI=1S/C20H19ClN4O2/c1-3-25(15-7-5-4-6-8-15)20(26)17-12-23-19(13-22-17)24-14-9-10-18(27-2)16(21)11-14/h4-13H,3H2,1-2H3,(H,23,24). The number of hydrogen-bond acceptors (Lipinski definition) is 5. The summed E-state index contributed by atoms with van der Waals surface area (Å²) in [6.07, 6.45) is 2.98. The van der Waals surface area contributed by atoms with Gasteiger partial charge in [-0.3, -0.25) is 4.79 Å². The number of hydrogen-bond donors (Lipinski definition) is 1. The SMILES string of the molecule is CCN(C(=O)c1cnc(Nc2ccc(OC)c(Cl)c2)cn1)c1ccccc1. The van der Waals surface area contributed by atoms with Crippen LogP contribution in [0.5, 0.6) is 5.75 Å². The molecule has 0 fully saturated rings. The molecule has 0 saturated carbocycles. The zero-order valence-corrected chi connectivity index (χ0v) is 15.8. The number of anilines is 3. The van der Waals surface area contributed by atoms with Crippen molar-refractivity contribution in [1.29, 1.82) is 0 Å². The fourth-order valence-corrected chi connectivity index (χ4v) is 2.84. The van der Waals surface area contributed by atoms with Crippen LogP contribution < -0.4 is 15.0 Å². The lowest BCUT2D eigenvalue weighted by atomic mass is 10.2. The van der Waals surface area contributed by atoms with Gasteiger partial charge in [-0.2, -0.15) is 0 Å². The van der Waals surface area contributed by atoms with Gasteiger partial charge in [0.2, 0.25) is 0 Å². The van der Waals surface area contributed by atoms with Gasteiger partial charge in [-0.1, -0.05) is 29.8 Å². The molecule has 0 spiro atoms. The first kappa shape index (κ1) is 18.7. The number of rotatable bonds is 6. The van der Waals surface area contributed by atoms with Crippen LogP contribution >= 0.6 is 11.6 Å². The van der Waals surface area contributed by atoms with Gasteiger partial charge < -0.3 is 15.0 Å². The Balaban J connectivity index is 1.74. The molecule has 0 atom stereocenters. The average Bonchev–Trinajstić information content (AvgIpc) is 2.70. The van der Waals surface area contributed by atoms with Gasteiger partial charge in [0.25, 0.3) is 5.91 Å². The Kier molecular flexibility index (Phi) is 5.88. The summed E-state index contributed by atoms with van der Waals surface area (Å²) >= 11 is 6.12. The number of aromatic nitrogens is 2. The van der Waals surface area contributed by atoms with Gasteiger partial charge in [0.15, 0.2) is 0 Å². The minimum absolute atomic E-state index is 0.199. The van der Waals surface area contributed by atoms with E-state index in [0.717, 1.165) is 11.4 Å². The number of carbonyl (C=O) groups is 1.